The molecule has 2 aromatic heterocycles. The molecule has 0 radical (unpaired) electrons. The van der Waals surface area contributed by atoms with E-state index in [0.717, 1.165) is 17.0 Å². The fourth-order valence-corrected chi connectivity index (χ4v) is 2.97. The predicted molar refractivity (Wildman–Crippen MR) is 82.4 cm³/mol. The minimum absolute atomic E-state index is 0.484. The van der Waals surface area contributed by atoms with E-state index >= 15 is 0 Å². The van der Waals surface area contributed by atoms with E-state index in [9.17, 15) is 0 Å². The first-order chi connectivity index (χ1) is 10.2. The van der Waals surface area contributed by atoms with Crippen molar-refractivity contribution in [2.45, 2.75) is 11.0 Å². The summed E-state index contributed by atoms with van der Waals surface area (Å²) in [7, 11) is 1.63. The number of nitrogens with two attached hydrogens (primary N) is 1. The number of thioether (sulfide) groups is 1. The smallest absolute Gasteiger partial charge is 0.277 e. The molecule has 21 heavy (non-hydrogen) atoms. The number of rotatable bonds is 5. The molecule has 0 aliphatic heterocycles. The Labute approximate surface area is 129 Å². The summed E-state index contributed by atoms with van der Waals surface area (Å²) in [6.07, 6.45) is 0. The molecule has 2 heterocycles. The standard InChI is InChI=1S/C13H12N4O2S2/c1-18-10-4-2-8(3-5-10)11-16-17-13(19-11)21-7-9-6-20-12(14)15-9/h2-6H,7H2,1H3,(H2,14,15). The number of nitrogens with zero attached hydrogens (tertiary/aromatic N) is 3. The molecule has 6 nitrogen and oxygen atoms in total. The number of anilines is 1. The molecule has 1 aromatic carbocycles. The van der Waals surface area contributed by atoms with Crippen molar-refractivity contribution in [3.05, 3.63) is 35.3 Å². The molecule has 0 fully saturated rings. The number of hydrogen-bond donors (Lipinski definition) is 1. The molecule has 0 aliphatic rings. The third-order valence-electron chi connectivity index (χ3n) is 2.66. The van der Waals surface area contributed by atoms with Crippen LogP contribution < -0.4 is 10.5 Å². The van der Waals surface area contributed by atoms with Crippen LogP contribution in [0.1, 0.15) is 5.69 Å². The van der Waals surface area contributed by atoms with Gasteiger partial charge in [-0.15, -0.1) is 21.5 Å². The Bertz CT molecular complexity index is 724. The monoisotopic (exact) mass is 320 g/mol. The predicted octanol–water partition coefficient (Wildman–Crippen LogP) is 3.08. The lowest BCUT2D eigenvalue weighted by molar-refractivity contribution is 0.414. The van der Waals surface area contributed by atoms with Gasteiger partial charge in [-0.05, 0) is 24.3 Å². The van der Waals surface area contributed by atoms with Gasteiger partial charge in [0.2, 0.25) is 5.89 Å². The lowest BCUT2D eigenvalue weighted by Gasteiger charge is -1.99. The third-order valence-corrected chi connectivity index (χ3v) is 4.23. The fraction of sp³-hybridized carbons (Fsp3) is 0.154. The number of hydrogen-bond acceptors (Lipinski definition) is 8. The highest BCUT2D eigenvalue weighted by atomic mass is 32.2. The van der Waals surface area contributed by atoms with Crippen molar-refractivity contribution in [3.8, 4) is 17.2 Å². The molecule has 0 aliphatic carbocycles. The molecule has 0 unspecified atom stereocenters. The molecule has 2 N–H and O–H groups in total. The van der Waals surface area contributed by atoms with Gasteiger partial charge >= 0.3 is 0 Å². The average molecular weight is 320 g/mol. The van der Waals surface area contributed by atoms with Crippen LogP contribution in [0, 0.1) is 0 Å². The summed E-state index contributed by atoms with van der Waals surface area (Å²) < 4.78 is 10.7. The summed E-state index contributed by atoms with van der Waals surface area (Å²) in [5.74, 6) is 1.92. The first-order valence-corrected chi connectivity index (χ1v) is 7.92. The van der Waals surface area contributed by atoms with Crippen molar-refractivity contribution < 1.29 is 9.15 Å². The van der Waals surface area contributed by atoms with Gasteiger partial charge in [-0.1, -0.05) is 11.8 Å². The Morgan fingerprint density at radius 2 is 2.10 bits per heavy atom. The number of ether oxygens (including phenoxy) is 1. The molecule has 0 atom stereocenters. The molecular formula is C13H12N4O2S2. The molecule has 8 heteroatoms. The molecular weight excluding hydrogens is 308 g/mol. The van der Waals surface area contributed by atoms with E-state index < -0.39 is 0 Å². The van der Waals surface area contributed by atoms with Crippen LogP contribution in [0.5, 0.6) is 5.75 Å². The van der Waals surface area contributed by atoms with Crippen molar-refractivity contribution in [3.63, 3.8) is 0 Å². The van der Waals surface area contributed by atoms with Gasteiger partial charge < -0.3 is 14.9 Å². The normalized spacial score (nSPS) is 10.7. The first kappa shape index (κ1) is 13.9. The third kappa shape index (κ3) is 3.34. The molecule has 0 bridgehead atoms. The highest BCUT2D eigenvalue weighted by Crippen LogP contribution is 2.27. The lowest BCUT2D eigenvalue weighted by atomic mass is 10.2. The topological polar surface area (TPSA) is 87.1 Å². The van der Waals surface area contributed by atoms with Gasteiger partial charge in [0.05, 0.1) is 12.8 Å². The van der Waals surface area contributed by atoms with E-state index in [-0.39, 0.29) is 0 Å². The van der Waals surface area contributed by atoms with Crippen LogP contribution in [0.3, 0.4) is 0 Å². The number of benzene rings is 1. The van der Waals surface area contributed by atoms with Gasteiger partial charge in [0.25, 0.3) is 5.22 Å². The van der Waals surface area contributed by atoms with Crippen LogP contribution in [0.2, 0.25) is 0 Å². The SMILES string of the molecule is COc1ccc(-c2nnc(SCc3csc(N)n3)o2)cc1. The second kappa shape index (κ2) is 6.15. The van der Waals surface area contributed by atoms with Gasteiger partial charge in [0.15, 0.2) is 5.13 Å². The zero-order valence-corrected chi connectivity index (χ0v) is 12.8. The molecule has 3 rings (SSSR count). The zero-order valence-electron chi connectivity index (χ0n) is 11.1. The van der Waals surface area contributed by atoms with E-state index in [1.54, 1.807) is 7.11 Å². The minimum Gasteiger partial charge on any atom is -0.497 e. The summed E-state index contributed by atoms with van der Waals surface area (Å²) in [4.78, 5) is 4.18. The molecule has 108 valence electrons. The Kier molecular flexibility index (Phi) is 4.07. The average Bonchev–Trinajstić information content (AvgIpc) is 3.14. The number of aromatic nitrogens is 3. The molecule has 3 aromatic rings. The second-order valence-electron chi connectivity index (χ2n) is 4.07. The fourth-order valence-electron chi connectivity index (χ4n) is 1.64. The van der Waals surface area contributed by atoms with Crippen molar-refractivity contribution >= 4 is 28.2 Å². The van der Waals surface area contributed by atoms with Crippen LogP contribution in [-0.4, -0.2) is 22.3 Å². The number of nitrogen functional groups attached to an aromatic ring is 1. The van der Waals surface area contributed by atoms with Crippen LogP contribution in [0.4, 0.5) is 5.13 Å². The summed E-state index contributed by atoms with van der Waals surface area (Å²) in [5.41, 5.74) is 7.35. The van der Waals surface area contributed by atoms with Crippen molar-refractivity contribution in [2.24, 2.45) is 0 Å². The zero-order chi connectivity index (χ0) is 14.7. The maximum atomic E-state index is 5.62. The maximum Gasteiger partial charge on any atom is 0.277 e. The van der Waals surface area contributed by atoms with Crippen molar-refractivity contribution in [2.75, 3.05) is 12.8 Å². The van der Waals surface area contributed by atoms with Crippen LogP contribution in [-0.2, 0) is 5.75 Å². The quantitative estimate of drug-likeness (QED) is 0.723. The van der Waals surface area contributed by atoms with E-state index in [1.807, 2.05) is 29.6 Å². The van der Waals surface area contributed by atoms with Crippen LogP contribution in [0.15, 0.2) is 39.3 Å². The van der Waals surface area contributed by atoms with E-state index in [1.165, 1.54) is 23.1 Å². The molecule has 0 saturated heterocycles. The largest absolute Gasteiger partial charge is 0.497 e. The summed E-state index contributed by atoms with van der Waals surface area (Å²) in [5, 5.41) is 11.0. The highest BCUT2D eigenvalue weighted by Gasteiger charge is 2.10. The molecule has 0 spiro atoms. The van der Waals surface area contributed by atoms with Crippen LogP contribution >= 0.6 is 23.1 Å². The Morgan fingerprint density at radius 1 is 1.29 bits per heavy atom. The Hall–Kier alpha value is -2.06. The van der Waals surface area contributed by atoms with E-state index in [4.69, 9.17) is 14.9 Å². The van der Waals surface area contributed by atoms with Crippen molar-refractivity contribution in [1.82, 2.24) is 15.2 Å². The van der Waals surface area contributed by atoms with E-state index in [0.29, 0.717) is 22.0 Å². The Balaban J connectivity index is 1.67. The van der Waals surface area contributed by atoms with E-state index in [2.05, 4.69) is 15.2 Å². The lowest BCUT2D eigenvalue weighted by Crippen LogP contribution is -1.84. The van der Waals surface area contributed by atoms with Gasteiger partial charge in [0, 0.05) is 16.7 Å². The molecule has 0 amide bonds. The number of thiazole rings is 1. The minimum atomic E-state index is 0.484. The van der Waals surface area contributed by atoms with Crippen LogP contribution in [0.25, 0.3) is 11.5 Å². The first-order valence-electron chi connectivity index (χ1n) is 6.05. The number of methoxy groups -OCH3 is 1. The van der Waals surface area contributed by atoms with Gasteiger partial charge in [0.1, 0.15) is 5.75 Å². The van der Waals surface area contributed by atoms with Gasteiger partial charge in [-0.25, -0.2) is 4.98 Å². The summed E-state index contributed by atoms with van der Waals surface area (Å²) in [6.45, 7) is 0. The highest BCUT2D eigenvalue weighted by molar-refractivity contribution is 7.98. The summed E-state index contributed by atoms with van der Waals surface area (Å²) >= 11 is 2.85. The van der Waals surface area contributed by atoms with Crippen molar-refractivity contribution in [1.29, 1.82) is 0 Å². The maximum absolute atomic E-state index is 5.62. The van der Waals surface area contributed by atoms with Gasteiger partial charge in [-0.3, -0.25) is 0 Å². The second-order valence-corrected chi connectivity index (χ2v) is 5.88. The van der Waals surface area contributed by atoms with Gasteiger partial charge in [-0.2, -0.15) is 0 Å². The molecule has 0 saturated carbocycles. The summed E-state index contributed by atoms with van der Waals surface area (Å²) in [6, 6.07) is 7.46. The Morgan fingerprint density at radius 3 is 2.76 bits per heavy atom.